The Balaban J connectivity index is 2.16. The highest BCUT2D eigenvalue weighted by atomic mass is 16.6. The third kappa shape index (κ3) is 8.90. The minimum Gasteiger partial charge on any atom is -0.444 e. The molecule has 0 aromatic heterocycles. The molecule has 0 spiro atoms. The topological polar surface area (TPSA) is 71.6 Å². The highest BCUT2D eigenvalue weighted by Crippen LogP contribution is 2.07. The molecule has 1 aliphatic heterocycles. The lowest BCUT2D eigenvalue weighted by Crippen LogP contribution is -2.48. The van der Waals surface area contributed by atoms with E-state index >= 15 is 0 Å². The van der Waals surface area contributed by atoms with Crippen molar-refractivity contribution in [3.8, 4) is 0 Å². The molecule has 21 heavy (non-hydrogen) atoms. The zero-order valence-corrected chi connectivity index (χ0v) is 14.0. The molecule has 1 rings (SSSR count). The molecule has 1 aliphatic rings. The Morgan fingerprint density at radius 3 is 2.67 bits per heavy atom. The van der Waals surface area contributed by atoms with Gasteiger partial charge in [0.05, 0.1) is 13.2 Å². The van der Waals surface area contributed by atoms with Crippen LogP contribution in [-0.2, 0) is 9.47 Å². The van der Waals surface area contributed by atoms with Crippen LogP contribution in [0.4, 0.5) is 4.79 Å². The zero-order chi connectivity index (χ0) is 15.9. The minimum absolute atomic E-state index is 0.0258. The monoisotopic (exact) mass is 301 g/mol. The van der Waals surface area contributed by atoms with Crippen molar-refractivity contribution in [2.75, 3.05) is 26.3 Å². The smallest absolute Gasteiger partial charge is 0.407 e. The van der Waals surface area contributed by atoms with Crippen molar-refractivity contribution in [3.63, 3.8) is 0 Å². The quantitative estimate of drug-likeness (QED) is 0.689. The van der Waals surface area contributed by atoms with E-state index in [-0.39, 0.29) is 12.1 Å². The van der Waals surface area contributed by atoms with Gasteiger partial charge in [0.25, 0.3) is 0 Å². The van der Waals surface area contributed by atoms with Gasteiger partial charge in [0.2, 0.25) is 0 Å². The summed E-state index contributed by atoms with van der Waals surface area (Å²) in [5, 5.41) is 9.70. The molecule has 6 nitrogen and oxygen atoms in total. The third-order valence-corrected chi connectivity index (χ3v) is 3.17. The van der Waals surface area contributed by atoms with Gasteiger partial charge in [-0.05, 0) is 41.0 Å². The van der Waals surface area contributed by atoms with Crippen molar-refractivity contribution in [1.29, 1.82) is 0 Å². The van der Waals surface area contributed by atoms with E-state index < -0.39 is 5.60 Å². The molecule has 0 radical (unpaired) electrons. The molecule has 0 aromatic carbocycles. The first-order valence-corrected chi connectivity index (χ1v) is 7.80. The number of carbonyl (C=O) groups is 1. The molecule has 0 aromatic rings. The molecule has 1 fully saturated rings. The Morgan fingerprint density at radius 2 is 2.10 bits per heavy atom. The van der Waals surface area contributed by atoms with Crippen LogP contribution < -0.4 is 16.0 Å². The first-order valence-electron chi connectivity index (χ1n) is 7.80. The van der Waals surface area contributed by atoms with Crippen LogP contribution in [0.2, 0.25) is 0 Å². The lowest BCUT2D eigenvalue weighted by atomic mass is 10.1. The summed E-state index contributed by atoms with van der Waals surface area (Å²) < 4.78 is 10.7. The summed E-state index contributed by atoms with van der Waals surface area (Å²) in [4.78, 5) is 11.6. The predicted molar refractivity (Wildman–Crippen MR) is 83.5 cm³/mol. The average Bonchev–Trinajstić information content (AvgIpc) is 2.35. The van der Waals surface area contributed by atoms with E-state index in [1.807, 2.05) is 27.7 Å². The van der Waals surface area contributed by atoms with Crippen molar-refractivity contribution >= 4 is 6.09 Å². The fourth-order valence-electron chi connectivity index (χ4n) is 2.22. The maximum absolute atomic E-state index is 11.6. The van der Waals surface area contributed by atoms with Crippen LogP contribution in [0.15, 0.2) is 0 Å². The number of hydrogen-bond donors (Lipinski definition) is 3. The molecule has 0 aliphatic carbocycles. The van der Waals surface area contributed by atoms with Crippen LogP contribution in [0.3, 0.4) is 0 Å². The Bertz CT molecular complexity index is 312. The van der Waals surface area contributed by atoms with E-state index in [4.69, 9.17) is 9.47 Å². The number of carbonyl (C=O) groups excluding carboxylic acids is 1. The standard InChI is InChI=1S/C15H31N3O3/c1-11(8-13-10-20-7-6-16-13)17-9-12(2)18-14(19)21-15(3,4)5/h11-13,16-17H,6-10H2,1-5H3,(H,18,19). The number of hydrogen-bond acceptors (Lipinski definition) is 5. The van der Waals surface area contributed by atoms with E-state index in [0.29, 0.717) is 18.6 Å². The number of alkyl carbamates (subject to hydrolysis) is 1. The van der Waals surface area contributed by atoms with Gasteiger partial charge in [-0.2, -0.15) is 0 Å². The number of ether oxygens (including phenoxy) is 2. The highest BCUT2D eigenvalue weighted by Gasteiger charge is 2.19. The fourth-order valence-corrected chi connectivity index (χ4v) is 2.22. The molecule has 3 N–H and O–H groups in total. The Kier molecular flexibility index (Phi) is 7.42. The van der Waals surface area contributed by atoms with Gasteiger partial charge in [0, 0.05) is 31.2 Å². The summed E-state index contributed by atoms with van der Waals surface area (Å²) in [6.45, 7) is 12.9. The molecule has 0 bridgehead atoms. The summed E-state index contributed by atoms with van der Waals surface area (Å²) in [7, 11) is 0. The lowest BCUT2D eigenvalue weighted by molar-refractivity contribution is 0.0506. The van der Waals surface area contributed by atoms with Gasteiger partial charge in [-0.3, -0.25) is 0 Å². The molecule has 3 atom stereocenters. The normalized spacial score (nSPS) is 22.4. The molecular formula is C15H31N3O3. The number of amides is 1. The van der Waals surface area contributed by atoms with Crippen LogP contribution in [0.1, 0.15) is 41.0 Å². The minimum atomic E-state index is -0.461. The van der Waals surface area contributed by atoms with Gasteiger partial charge >= 0.3 is 6.09 Å². The van der Waals surface area contributed by atoms with E-state index in [1.165, 1.54) is 0 Å². The van der Waals surface area contributed by atoms with Crippen molar-refractivity contribution < 1.29 is 14.3 Å². The molecule has 1 heterocycles. The summed E-state index contributed by atoms with van der Waals surface area (Å²) in [6.07, 6.45) is 0.644. The largest absolute Gasteiger partial charge is 0.444 e. The van der Waals surface area contributed by atoms with Crippen LogP contribution >= 0.6 is 0 Å². The number of rotatable bonds is 6. The maximum Gasteiger partial charge on any atom is 0.407 e. The summed E-state index contributed by atoms with van der Waals surface area (Å²) in [5.74, 6) is 0. The molecular weight excluding hydrogens is 270 g/mol. The van der Waals surface area contributed by atoms with Crippen molar-refractivity contribution in [2.24, 2.45) is 0 Å². The molecule has 124 valence electrons. The Hall–Kier alpha value is -0.850. The third-order valence-electron chi connectivity index (χ3n) is 3.17. The zero-order valence-electron chi connectivity index (χ0n) is 14.0. The van der Waals surface area contributed by atoms with E-state index in [1.54, 1.807) is 0 Å². The van der Waals surface area contributed by atoms with Crippen LogP contribution in [-0.4, -0.2) is 56.1 Å². The van der Waals surface area contributed by atoms with Gasteiger partial charge in [-0.25, -0.2) is 4.79 Å². The first kappa shape index (κ1) is 18.2. The Labute approximate surface area is 128 Å². The summed E-state index contributed by atoms with van der Waals surface area (Å²) in [5.41, 5.74) is -0.461. The van der Waals surface area contributed by atoms with E-state index in [9.17, 15) is 4.79 Å². The summed E-state index contributed by atoms with van der Waals surface area (Å²) >= 11 is 0. The van der Waals surface area contributed by atoms with Gasteiger partial charge in [-0.15, -0.1) is 0 Å². The molecule has 0 saturated carbocycles. The van der Waals surface area contributed by atoms with Gasteiger partial charge in [0.15, 0.2) is 0 Å². The van der Waals surface area contributed by atoms with Gasteiger partial charge in [-0.1, -0.05) is 0 Å². The predicted octanol–water partition coefficient (Wildman–Crippen LogP) is 1.26. The maximum atomic E-state index is 11.6. The van der Waals surface area contributed by atoms with Crippen LogP contribution in [0, 0.1) is 0 Å². The van der Waals surface area contributed by atoms with E-state index in [0.717, 1.165) is 26.2 Å². The molecule has 1 amide bonds. The number of nitrogens with one attached hydrogen (secondary N) is 3. The number of morpholine rings is 1. The second-order valence-electron chi connectivity index (χ2n) is 6.82. The Morgan fingerprint density at radius 1 is 1.38 bits per heavy atom. The summed E-state index contributed by atoms with van der Waals surface area (Å²) in [6, 6.07) is 0.806. The van der Waals surface area contributed by atoms with Gasteiger partial charge in [0.1, 0.15) is 5.60 Å². The van der Waals surface area contributed by atoms with Crippen molar-refractivity contribution in [2.45, 2.75) is 64.8 Å². The van der Waals surface area contributed by atoms with Crippen LogP contribution in [0.5, 0.6) is 0 Å². The average molecular weight is 301 g/mol. The highest BCUT2D eigenvalue weighted by molar-refractivity contribution is 5.68. The second-order valence-corrected chi connectivity index (χ2v) is 6.82. The SMILES string of the molecule is CC(CC1COCCN1)NCC(C)NC(=O)OC(C)(C)C. The fraction of sp³-hybridized carbons (Fsp3) is 0.933. The van der Waals surface area contributed by atoms with Crippen molar-refractivity contribution in [1.82, 2.24) is 16.0 Å². The molecule has 1 saturated heterocycles. The van der Waals surface area contributed by atoms with E-state index in [2.05, 4.69) is 22.9 Å². The lowest BCUT2D eigenvalue weighted by Gasteiger charge is -2.27. The second kappa shape index (κ2) is 8.56. The van der Waals surface area contributed by atoms with Crippen molar-refractivity contribution in [3.05, 3.63) is 0 Å². The van der Waals surface area contributed by atoms with Crippen LogP contribution in [0.25, 0.3) is 0 Å². The first-order chi connectivity index (χ1) is 9.76. The molecule has 3 unspecified atom stereocenters. The van der Waals surface area contributed by atoms with Gasteiger partial charge < -0.3 is 25.4 Å². The molecule has 6 heteroatoms.